The molecule has 1 aliphatic rings. The van der Waals surface area contributed by atoms with Gasteiger partial charge in [-0.05, 0) is 23.6 Å². The minimum atomic E-state index is 0.401. The second-order valence-electron chi connectivity index (χ2n) is 5.47. The molecular formula is C18H14N4. The van der Waals surface area contributed by atoms with Crippen LogP contribution < -0.4 is 4.90 Å². The lowest BCUT2D eigenvalue weighted by molar-refractivity contribution is 0.730. The normalized spacial score (nSPS) is 13.7. The van der Waals surface area contributed by atoms with Crippen molar-refractivity contribution in [1.82, 2.24) is 10.2 Å². The first-order chi connectivity index (χ1) is 10.9. The summed E-state index contributed by atoms with van der Waals surface area (Å²) in [7, 11) is 0. The van der Waals surface area contributed by atoms with Gasteiger partial charge in [0.1, 0.15) is 6.07 Å². The van der Waals surface area contributed by atoms with Crippen molar-refractivity contribution in [3.8, 4) is 6.07 Å². The van der Waals surface area contributed by atoms with E-state index in [4.69, 9.17) is 0 Å². The van der Waals surface area contributed by atoms with Crippen LogP contribution in [0.5, 0.6) is 0 Å². The highest BCUT2D eigenvalue weighted by molar-refractivity contribution is 5.93. The van der Waals surface area contributed by atoms with Crippen LogP contribution in [0.2, 0.25) is 0 Å². The topological polar surface area (TPSA) is 52.8 Å². The van der Waals surface area contributed by atoms with Gasteiger partial charge in [-0.2, -0.15) is 5.26 Å². The third kappa shape index (κ3) is 1.99. The third-order valence-electron chi connectivity index (χ3n) is 4.19. The molecule has 0 atom stereocenters. The first kappa shape index (κ1) is 12.8. The predicted octanol–water partition coefficient (Wildman–Crippen LogP) is 3.06. The quantitative estimate of drug-likeness (QED) is 0.690. The number of hydrogen-bond acceptors (Lipinski definition) is 4. The van der Waals surface area contributed by atoms with Crippen molar-refractivity contribution < 1.29 is 0 Å². The van der Waals surface area contributed by atoms with Gasteiger partial charge in [0, 0.05) is 18.5 Å². The average Bonchev–Trinajstić information content (AvgIpc) is 2.60. The molecule has 0 unspecified atom stereocenters. The number of anilines is 1. The van der Waals surface area contributed by atoms with Crippen LogP contribution in [0, 0.1) is 11.3 Å². The molecule has 3 aromatic rings. The Kier molecular flexibility index (Phi) is 2.97. The molecule has 2 heterocycles. The van der Waals surface area contributed by atoms with Gasteiger partial charge in [0.05, 0.1) is 11.2 Å². The van der Waals surface area contributed by atoms with Crippen LogP contribution in [0.4, 0.5) is 5.69 Å². The summed E-state index contributed by atoms with van der Waals surface area (Å²) in [6.07, 6.45) is 0.984. The number of benzene rings is 2. The van der Waals surface area contributed by atoms with E-state index < -0.39 is 0 Å². The van der Waals surface area contributed by atoms with Crippen molar-refractivity contribution >= 4 is 16.6 Å². The molecule has 4 heteroatoms. The van der Waals surface area contributed by atoms with E-state index in [-0.39, 0.29) is 0 Å². The Bertz CT molecular complexity index is 895. The van der Waals surface area contributed by atoms with Crippen LogP contribution in [0.1, 0.15) is 16.8 Å². The minimum Gasteiger partial charge on any atom is -0.364 e. The van der Waals surface area contributed by atoms with E-state index in [1.165, 1.54) is 11.1 Å². The van der Waals surface area contributed by atoms with Gasteiger partial charge in [-0.3, -0.25) is 0 Å². The van der Waals surface area contributed by atoms with Gasteiger partial charge in [0.25, 0.3) is 0 Å². The number of aromatic nitrogens is 2. The predicted molar refractivity (Wildman–Crippen MR) is 85.4 cm³/mol. The number of nitrogens with zero attached hydrogens (tertiary/aromatic N) is 4. The molecule has 2 aromatic carbocycles. The smallest absolute Gasteiger partial charge is 0.187 e. The molecule has 106 valence electrons. The Morgan fingerprint density at radius 3 is 2.59 bits per heavy atom. The minimum absolute atomic E-state index is 0.401. The maximum Gasteiger partial charge on any atom is 0.187 e. The zero-order chi connectivity index (χ0) is 14.9. The van der Waals surface area contributed by atoms with Crippen LogP contribution in [-0.2, 0) is 13.0 Å². The fourth-order valence-electron chi connectivity index (χ4n) is 3.12. The fraction of sp³-hybridized carbons (Fsp3) is 0.167. The molecule has 1 aliphatic heterocycles. The maximum absolute atomic E-state index is 9.42. The van der Waals surface area contributed by atoms with Crippen molar-refractivity contribution in [2.24, 2.45) is 0 Å². The van der Waals surface area contributed by atoms with Crippen LogP contribution in [0.3, 0.4) is 0 Å². The van der Waals surface area contributed by atoms with E-state index in [0.717, 1.165) is 36.1 Å². The largest absolute Gasteiger partial charge is 0.364 e. The lowest BCUT2D eigenvalue weighted by Gasteiger charge is -2.31. The SMILES string of the molecule is N#Cc1nnc2ccccc2c1N1CCc2ccccc2C1. The molecule has 0 bridgehead atoms. The second-order valence-corrected chi connectivity index (χ2v) is 5.47. The Labute approximate surface area is 128 Å². The molecule has 4 nitrogen and oxygen atoms in total. The Balaban J connectivity index is 1.87. The zero-order valence-electron chi connectivity index (χ0n) is 12.0. The summed E-state index contributed by atoms with van der Waals surface area (Å²) >= 11 is 0. The summed E-state index contributed by atoms with van der Waals surface area (Å²) in [6.45, 7) is 1.70. The van der Waals surface area contributed by atoms with Crippen LogP contribution in [0.15, 0.2) is 48.5 Å². The Morgan fingerprint density at radius 1 is 0.955 bits per heavy atom. The highest BCUT2D eigenvalue weighted by Gasteiger charge is 2.21. The summed E-state index contributed by atoms with van der Waals surface area (Å²) in [5, 5.41) is 18.7. The van der Waals surface area contributed by atoms with Gasteiger partial charge in [-0.15, -0.1) is 10.2 Å². The molecule has 4 rings (SSSR count). The van der Waals surface area contributed by atoms with Gasteiger partial charge >= 0.3 is 0 Å². The van der Waals surface area contributed by atoms with E-state index >= 15 is 0 Å². The zero-order valence-corrected chi connectivity index (χ0v) is 12.0. The molecule has 0 amide bonds. The molecule has 0 aliphatic carbocycles. The number of hydrogen-bond donors (Lipinski definition) is 0. The van der Waals surface area contributed by atoms with Gasteiger partial charge in [0.15, 0.2) is 5.69 Å². The van der Waals surface area contributed by atoms with Gasteiger partial charge < -0.3 is 4.90 Å². The monoisotopic (exact) mass is 286 g/mol. The fourth-order valence-corrected chi connectivity index (χ4v) is 3.12. The van der Waals surface area contributed by atoms with Crippen LogP contribution >= 0.6 is 0 Å². The van der Waals surface area contributed by atoms with E-state index in [9.17, 15) is 5.26 Å². The summed E-state index contributed by atoms with van der Waals surface area (Å²) in [5.41, 5.74) is 4.85. The van der Waals surface area contributed by atoms with E-state index in [1.54, 1.807) is 0 Å². The molecule has 0 N–H and O–H groups in total. The average molecular weight is 286 g/mol. The van der Waals surface area contributed by atoms with Crippen molar-refractivity contribution in [3.05, 3.63) is 65.4 Å². The lowest BCUT2D eigenvalue weighted by Crippen LogP contribution is -2.31. The Morgan fingerprint density at radius 2 is 1.73 bits per heavy atom. The number of fused-ring (bicyclic) bond motifs is 2. The summed E-state index contributed by atoms with van der Waals surface area (Å²) in [5.74, 6) is 0. The molecule has 1 aromatic heterocycles. The first-order valence-corrected chi connectivity index (χ1v) is 7.34. The highest BCUT2D eigenvalue weighted by Crippen LogP contribution is 2.31. The second kappa shape index (κ2) is 5.12. The highest BCUT2D eigenvalue weighted by atomic mass is 15.2. The van der Waals surface area contributed by atoms with Crippen molar-refractivity contribution in [1.29, 1.82) is 5.26 Å². The molecule has 0 fully saturated rings. The van der Waals surface area contributed by atoms with Crippen molar-refractivity contribution in [2.45, 2.75) is 13.0 Å². The molecule has 0 saturated carbocycles. The number of nitriles is 1. The molecule has 0 radical (unpaired) electrons. The van der Waals surface area contributed by atoms with E-state index in [2.05, 4.69) is 45.4 Å². The van der Waals surface area contributed by atoms with E-state index in [0.29, 0.717) is 5.69 Å². The standard InChI is InChI=1S/C18H14N4/c19-11-17-18(15-7-3-4-8-16(15)20-21-17)22-10-9-13-5-1-2-6-14(13)12-22/h1-8H,9-10,12H2. The summed E-state index contributed by atoms with van der Waals surface area (Å²) in [4.78, 5) is 2.25. The third-order valence-corrected chi connectivity index (χ3v) is 4.19. The van der Waals surface area contributed by atoms with Gasteiger partial charge in [-0.25, -0.2) is 0 Å². The van der Waals surface area contributed by atoms with Crippen LogP contribution in [0.25, 0.3) is 10.9 Å². The molecular weight excluding hydrogens is 272 g/mol. The molecule has 22 heavy (non-hydrogen) atoms. The number of rotatable bonds is 1. The first-order valence-electron chi connectivity index (χ1n) is 7.34. The summed E-state index contributed by atoms with van der Waals surface area (Å²) in [6, 6.07) is 18.6. The maximum atomic E-state index is 9.42. The lowest BCUT2D eigenvalue weighted by atomic mass is 9.98. The molecule has 0 spiro atoms. The van der Waals surface area contributed by atoms with Crippen LogP contribution in [-0.4, -0.2) is 16.7 Å². The van der Waals surface area contributed by atoms with Crippen molar-refractivity contribution in [3.63, 3.8) is 0 Å². The molecule has 0 saturated heterocycles. The van der Waals surface area contributed by atoms with Crippen molar-refractivity contribution in [2.75, 3.05) is 11.4 Å². The van der Waals surface area contributed by atoms with E-state index in [1.807, 2.05) is 24.3 Å². The Hall–Kier alpha value is -2.93. The summed E-state index contributed by atoms with van der Waals surface area (Å²) < 4.78 is 0. The van der Waals surface area contributed by atoms with Gasteiger partial charge in [-0.1, -0.05) is 42.5 Å². The van der Waals surface area contributed by atoms with Gasteiger partial charge in [0.2, 0.25) is 0 Å².